The summed E-state index contributed by atoms with van der Waals surface area (Å²) in [4.78, 5) is 8.51. The number of hydrogen-bond acceptors (Lipinski definition) is 6. The molecule has 0 amide bonds. The summed E-state index contributed by atoms with van der Waals surface area (Å²) in [5.41, 5.74) is 4.07. The van der Waals surface area contributed by atoms with Crippen molar-refractivity contribution >= 4 is 17.2 Å². The van der Waals surface area contributed by atoms with E-state index < -0.39 is 0 Å². The lowest BCUT2D eigenvalue weighted by molar-refractivity contribution is 0.282. The molecule has 2 N–H and O–H groups in total. The number of rotatable bonds is 5. The minimum Gasteiger partial charge on any atom is -0.495 e. The van der Waals surface area contributed by atoms with E-state index >= 15 is 0 Å². The lowest BCUT2D eigenvalue weighted by Gasteiger charge is -2.08. The number of methoxy groups -OCH3 is 1. The van der Waals surface area contributed by atoms with Gasteiger partial charge in [-0.2, -0.15) is 9.61 Å². The number of fused-ring (bicyclic) bond motifs is 1. The number of hydrogen-bond donors (Lipinski definition) is 2. The highest BCUT2D eigenvalue weighted by Gasteiger charge is 2.08. The van der Waals surface area contributed by atoms with Crippen molar-refractivity contribution in [3.05, 3.63) is 66.6 Å². The van der Waals surface area contributed by atoms with Crippen LogP contribution in [0.2, 0.25) is 0 Å². The van der Waals surface area contributed by atoms with Crippen molar-refractivity contribution in [3.63, 3.8) is 0 Å². The third-order valence-corrected chi connectivity index (χ3v) is 3.99. The molecule has 0 atom stereocenters. The van der Waals surface area contributed by atoms with Crippen LogP contribution >= 0.6 is 0 Å². The van der Waals surface area contributed by atoms with Crippen LogP contribution in [0.4, 0.5) is 11.5 Å². The van der Waals surface area contributed by atoms with E-state index in [9.17, 15) is 5.11 Å². The first-order valence-electron chi connectivity index (χ1n) is 8.08. The maximum Gasteiger partial charge on any atom is 0.155 e. The Morgan fingerprint density at radius 1 is 1.12 bits per heavy atom. The van der Waals surface area contributed by atoms with E-state index in [4.69, 9.17) is 4.74 Å². The molecule has 3 aromatic heterocycles. The average Bonchev–Trinajstić information content (AvgIpc) is 3.10. The zero-order valence-electron chi connectivity index (χ0n) is 14.1. The molecule has 26 heavy (non-hydrogen) atoms. The van der Waals surface area contributed by atoms with Crippen LogP contribution in [0, 0.1) is 0 Å². The molecular formula is C19H17N5O2. The fourth-order valence-corrected chi connectivity index (χ4v) is 2.69. The molecule has 4 aromatic rings. The van der Waals surface area contributed by atoms with E-state index in [1.807, 2.05) is 42.5 Å². The monoisotopic (exact) mass is 347 g/mol. The lowest BCUT2D eigenvalue weighted by Crippen LogP contribution is -2.00. The van der Waals surface area contributed by atoms with Gasteiger partial charge in [0.05, 0.1) is 43.7 Å². The van der Waals surface area contributed by atoms with Crippen molar-refractivity contribution in [2.75, 3.05) is 12.4 Å². The number of aromatic nitrogens is 4. The van der Waals surface area contributed by atoms with Gasteiger partial charge in [0.2, 0.25) is 0 Å². The van der Waals surface area contributed by atoms with Gasteiger partial charge < -0.3 is 15.2 Å². The molecule has 130 valence electrons. The predicted octanol–water partition coefficient (Wildman–Crippen LogP) is 3.04. The second-order valence-corrected chi connectivity index (χ2v) is 5.73. The molecule has 0 radical (unpaired) electrons. The van der Waals surface area contributed by atoms with Crippen molar-refractivity contribution in [1.82, 2.24) is 19.6 Å². The fourth-order valence-electron chi connectivity index (χ4n) is 2.69. The molecule has 3 heterocycles. The topological polar surface area (TPSA) is 84.6 Å². The number of aliphatic hydroxyl groups excluding tert-OH is 1. The molecule has 0 aliphatic carbocycles. The molecule has 0 aliphatic heterocycles. The van der Waals surface area contributed by atoms with Gasteiger partial charge in [-0.1, -0.05) is 18.2 Å². The van der Waals surface area contributed by atoms with Crippen molar-refractivity contribution in [1.29, 1.82) is 0 Å². The predicted molar refractivity (Wildman–Crippen MR) is 98.4 cm³/mol. The van der Waals surface area contributed by atoms with E-state index in [1.54, 1.807) is 30.2 Å². The van der Waals surface area contributed by atoms with E-state index in [2.05, 4.69) is 20.4 Å². The van der Waals surface area contributed by atoms with Crippen LogP contribution in [0.25, 0.3) is 16.9 Å². The number of imidazole rings is 1. The third kappa shape index (κ3) is 3.07. The highest BCUT2D eigenvalue weighted by molar-refractivity contribution is 5.64. The number of aliphatic hydroxyl groups is 1. The highest BCUT2D eigenvalue weighted by atomic mass is 16.5. The normalized spacial score (nSPS) is 10.8. The summed E-state index contributed by atoms with van der Waals surface area (Å²) in [6.45, 7) is -0.00317. The summed E-state index contributed by atoms with van der Waals surface area (Å²) in [5.74, 6) is 1.38. The van der Waals surface area contributed by atoms with Gasteiger partial charge in [0.25, 0.3) is 0 Å². The quantitative estimate of drug-likeness (QED) is 0.577. The molecule has 0 fully saturated rings. The van der Waals surface area contributed by atoms with E-state index in [0.717, 1.165) is 34.0 Å². The molecule has 4 rings (SSSR count). The summed E-state index contributed by atoms with van der Waals surface area (Å²) in [6, 6.07) is 13.3. The molecule has 0 aliphatic rings. The molecule has 7 heteroatoms. The maximum atomic E-state index is 9.34. The second kappa shape index (κ2) is 6.81. The zero-order valence-corrected chi connectivity index (χ0v) is 14.1. The average molecular weight is 347 g/mol. The van der Waals surface area contributed by atoms with Gasteiger partial charge in [0.15, 0.2) is 11.5 Å². The largest absolute Gasteiger partial charge is 0.495 e. The smallest absolute Gasteiger partial charge is 0.155 e. The SMILES string of the molecule is COc1cncc(Nc2cnc3ccc(-c4cccc(CO)c4)nn23)c1. The summed E-state index contributed by atoms with van der Waals surface area (Å²) in [5, 5.41) is 17.3. The number of anilines is 2. The molecule has 7 nitrogen and oxygen atoms in total. The number of nitrogens with one attached hydrogen (secondary N) is 1. The van der Waals surface area contributed by atoms with Crippen molar-refractivity contribution in [3.8, 4) is 17.0 Å². The summed E-state index contributed by atoms with van der Waals surface area (Å²) in [6.07, 6.45) is 5.07. The molecule has 0 spiro atoms. The molecular weight excluding hydrogens is 330 g/mol. The van der Waals surface area contributed by atoms with Crippen LogP contribution in [0.3, 0.4) is 0 Å². The maximum absolute atomic E-state index is 9.34. The van der Waals surface area contributed by atoms with E-state index in [-0.39, 0.29) is 6.61 Å². The van der Waals surface area contributed by atoms with Gasteiger partial charge in [0.1, 0.15) is 5.75 Å². The van der Waals surface area contributed by atoms with Crippen molar-refractivity contribution in [2.45, 2.75) is 6.61 Å². The van der Waals surface area contributed by atoms with Gasteiger partial charge in [-0.05, 0) is 23.8 Å². The minimum absolute atomic E-state index is 0.00317. The van der Waals surface area contributed by atoms with Crippen LogP contribution in [0.1, 0.15) is 5.56 Å². The third-order valence-electron chi connectivity index (χ3n) is 3.99. The first kappa shape index (κ1) is 16.0. The molecule has 1 aromatic carbocycles. The molecule has 0 saturated carbocycles. The van der Waals surface area contributed by atoms with Crippen LogP contribution < -0.4 is 10.1 Å². The summed E-state index contributed by atoms with van der Waals surface area (Å²) >= 11 is 0. The van der Waals surface area contributed by atoms with Gasteiger partial charge in [-0.15, -0.1) is 0 Å². The first-order chi connectivity index (χ1) is 12.8. The molecule has 0 bridgehead atoms. The minimum atomic E-state index is -0.00317. The number of ether oxygens (including phenoxy) is 1. The number of pyridine rings is 1. The van der Waals surface area contributed by atoms with Crippen molar-refractivity contribution < 1.29 is 9.84 Å². The summed E-state index contributed by atoms with van der Waals surface area (Å²) in [7, 11) is 1.60. The Hall–Kier alpha value is -3.45. The van der Waals surface area contributed by atoms with Crippen LogP contribution in [0.5, 0.6) is 5.75 Å². The zero-order chi connectivity index (χ0) is 17.9. The standard InChI is InChI=1S/C19H17N5O2/c1-26-16-8-15(9-20-10-16)22-19-11-21-18-6-5-17(23-24(18)19)14-4-2-3-13(7-14)12-25/h2-11,22,25H,12H2,1H3. The number of nitrogens with zero attached hydrogens (tertiary/aromatic N) is 4. The Bertz CT molecular complexity index is 1060. The van der Waals surface area contributed by atoms with Crippen LogP contribution in [0.15, 0.2) is 61.1 Å². The van der Waals surface area contributed by atoms with E-state index in [1.165, 1.54) is 0 Å². The Balaban J connectivity index is 1.72. The van der Waals surface area contributed by atoms with E-state index in [0.29, 0.717) is 5.75 Å². The Morgan fingerprint density at radius 2 is 2.04 bits per heavy atom. The van der Waals surface area contributed by atoms with Gasteiger partial charge in [-0.3, -0.25) is 4.98 Å². The summed E-state index contributed by atoms with van der Waals surface area (Å²) < 4.78 is 6.94. The Labute approximate surface area is 149 Å². The Morgan fingerprint density at radius 3 is 2.88 bits per heavy atom. The van der Waals surface area contributed by atoms with Gasteiger partial charge in [0, 0.05) is 11.6 Å². The van der Waals surface area contributed by atoms with Crippen LogP contribution in [-0.2, 0) is 6.61 Å². The first-order valence-corrected chi connectivity index (χ1v) is 8.08. The lowest BCUT2D eigenvalue weighted by atomic mass is 10.1. The van der Waals surface area contributed by atoms with Gasteiger partial charge >= 0.3 is 0 Å². The number of benzene rings is 1. The molecule has 0 saturated heterocycles. The Kier molecular flexibility index (Phi) is 4.20. The van der Waals surface area contributed by atoms with Crippen molar-refractivity contribution in [2.24, 2.45) is 0 Å². The molecule has 0 unspecified atom stereocenters. The fraction of sp³-hybridized carbons (Fsp3) is 0.105. The highest BCUT2D eigenvalue weighted by Crippen LogP contribution is 2.23. The van der Waals surface area contributed by atoms with Crippen LogP contribution in [-0.4, -0.2) is 31.8 Å². The second-order valence-electron chi connectivity index (χ2n) is 5.73. The van der Waals surface area contributed by atoms with Gasteiger partial charge in [-0.25, -0.2) is 4.98 Å².